The largest absolute Gasteiger partial charge is 0.628 e. The van der Waals surface area contributed by atoms with Gasteiger partial charge in [0.2, 0.25) is 0 Å². The van der Waals surface area contributed by atoms with Gasteiger partial charge >= 0.3 is 0 Å². The van der Waals surface area contributed by atoms with Crippen LogP contribution in [-0.4, -0.2) is 11.6 Å². The number of benzene rings is 1. The maximum atomic E-state index is 12.7. The lowest BCUT2D eigenvalue weighted by Crippen LogP contribution is -3.07. The van der Waals surface area contributed by atoms with E-state index in [2.05, 4.69) is 52.0 Å². The van der Waals surface area contributed by atoms with Crippen molar-refractivity contribution in [2.45, 2.75) is 71.9 Å². The predicted molar refractivity (Wildman–Crippen MR) is 117 cm³/mol. The summed E-state index contributed by atoms with van der Waals surface area (Å²) in [5.41, 5.74) is 5.19. The van der Waals surface area contributed by atoms with Crippen molar-refractivity contribution in [2.24, 2.45) is 0 Å². The smallest absolute Gasteiger partial charge is 0.143 e. The van der Waals surface area contributed by atoms with Crippen molar-refractivity contribution in [3.63, 3.8) is 0 Å². The van der Waals surface area contributed by atoms with Crippen molar-refractivity contribution in [1.29, 1.82) is 0 Å². The van der Waals surface area contributed by atoms with Gasteiger partial charge in [-0.05, 0) is 78.5 Å². The summed E-state index contributed by atoms with van der Waals surface area (Å²) in [6, 6.07) is 7.67. The number of hydroxylamine groups is 1. The van der Waals surface area contributed by atoms with E-state index < -0.39 is 0 Å². The lowest BCUT2D eigenvalue weighted by molar-refractivity contribution is -0.798. The van der Waals surface area contributed by atoms with Crippen LogP contribution in [0.4, 0.5) is 5.69 Å². The van der Waals surface area contributed by atoms with Crippen LogP contribution in [0.3, 0.4) is 0 Å². The van der Waals surface area contributed by atoms with Crippen LogP contribution in [0.2, 0.25) is 0 Å². The molecule has 28 heavy (non-hydrogen) atoms. The number of quaternary nitrogens is 1. The Labute approximate surface area is 169 Å². The van der Waals surface area contributed by atoms with E-state index in [4.69, 9.17) is 4.74 Å². The topological polar surface area (TPSA) is 36.7 Å². The second-order valence-electron chi connectivity index (χ2n) is 8.57. The predicted octanol–water partition coefficient (Wildman–Crippen LogP) is 5.63. The Bertz CT molecular complexity index is 842. The number of hydrogen-bond donors (Lipinski definition) is 1. The summed E-state index contributed by atoms with van der Waals surface area (Å²) in [7, 11) is 0. The van der Waals surface area contributed by atoms with Gasteiger partial charge in [0.15, 0.2) is 0 Å². The third-order valence-electron chi connectivity index (χ3n) is 5.73. The van der Waals surface area contributed by atoms with Crippen LogP contribution in [0.1, 0.15) is 65.9 Å². The third kappa shape index (κ3) is 4.48. The number of hydrogen-bond acceptors (Lipinski definition) is 2. The first-order chi connectivity index (χ1) is 13.3. The Balaban J connectivity index is 1.69. The molecule has 150 valence electrons. The molecule has 0 saturated heterocycles. The highest BCUT2D eigenvalue weighted by molar-refractivity contribution is 5.76. The number of ether oxygens (including phenoxy) is 1. The van der Waals surface area contributed by atoms with Crippen LogP contribution in [0.25, 0.3) is 5.76 Å². The van der Waals surface area contributed by atoms with Gasteiger partial charge in [-0.25, -0.2) is 0 Å². The monoisotopic (exact) mass is 379 g/mol. The van der Waals surface area contributed by atoms with E-state index in [9.17, 15) is 5.21 Å². The molecule has 2 unspecified atom stereocenters. The first-order valence-electron chi connectivity index (χ1n) is 10.4. The van der Waals surface area contributed by atoms with Gasteiger partial charge in [0.1, 0.15) is 23.1 Å². The molecule has 0 bridgehead atoms. The number of nitrogens with one attached hydrogen (secondary N) is 1. The van der Waals surface area contributed by atoms with Crippen molar-refractivity contribution in [3.05, 3.63) is 76.1 Å². The van der Waals surface area contributed by atoms with Crippen LogP contribution >= 0.6 is 0 Å². The standard InChI is InChI=1S/C25H33NO2/c1-18(2)10-8-11-19(3)12-9-16-25(5)17-15-21-20(4)26(27)23-14-7-6-13-22(23)24(21)28-25/h6-7,10,12-15,17,20,26H,8-9,11,16H2,1-5H3/b19-12+/t20?,25-/m1/s1. The number of fused-ring (bicyclic) bond motifs is 2. The Morgan fingerprint density at radius 3 is 2.68 bits per heavy atom. The fraction of sp³-hybridized carbons (Fsp3) is 0.440. The van der Waals surface area contributed by atoms with Gasteiger partial charge in [0, 0.05) is 6.07 Å². The van der Waals surface area contributed by atoms with Gasteiger partial charge in [0.25, 0.3) is 0 Å². The third-order valence-corrected chi connectivity index (χ3v) is 5.73. The lowest BCUT2D eigenvalue weighted by Gasteiger charge is -2.41. The molecule has 2 heterocycles. The molecule has 0 saturated carbocycles. The van der Waals surface area contributed by atoms with E-state index in [1.54, 1.807) is 0 Å². The molecular weight excluding hydrogens is 346 g/mol. The average Bonchev–Trinajstić information content (AvgIpc) is 2.65. The van der Waals surface area contributed by atoms with Crippen molar-refractivity contribution >= 4 is 11.4 Å². The molecule has 0 amide bonds. The summed E-state index contributed by atoms with van der Waals surface area (Å²) < 4.78 is 6.52. The Hall–Kier alpha value is -2.10. The van der Waals surface area contributed by atoms with Gasteiger partial charge in [-0.2, -0.15) is 0 Å². The normalized spacial score (nSPS) is 26.4. The highest BCUT2D eigenvalue weighted by Gasteiger charge is 2.37. The van der Waals surface area contributed by atoms with Crippen LogP contribution in [-0.2, 0) is 4.74 Å². The molecule has 1 aromatic carbocycles. The quantitative estimate of drug-likeness (QED) is 0.513. The second-order valence-corrected chi connectivity index (χ2v) is 8.57. The highest BCUT2D eigenvalue weighted by atomic mass is 16.5. The first-order valence-corrected chi connectivity index (χ1v) is 10.4. The average molecular weight is 380 g/mol. The summed E-state index contributed by atoms with van der Waals surface area (Å²) in [4.78, 5) is 0. The van der Waals surface area contributed by atoms with Gasteiger partial charge in [-0.3, -0.25) is 0 Å². The van der Waals surface area contributed by atoms with Gasteiger partial charge < -0.3 is 15.0 Å². The van der Waals surface area contributed by atoms with E-state index in [0.29, 0.717) is 0 Å². The minimum Gasteiger partial charge on any atom is -0.628 e. The summed E-state index contributed by atoms with van der Waals surface area (Å²) in [6.07, 6.45) is 13.0. The molecule has 0 fully saturated rings. The number of rotatable bonds is 6. The van der Waals surface area contributed by atoms with Crippen LogP contribution in [0.15, 0.2) is 65.3 Å². The zero-order valence-electron chi connectivity index (χ0n) is 17.8. The SMILES string of the molecule is CC(C)=CCC/C(C)=C/CC[C@]1(C)C=CC2=C(O1)c1ccccc1[NH+]([O-])C2C. The molecule has 3 nitrogen and oxygen atoms in total. The van der Waals surface area contributed by atoms with Gasteiger partial charge in [-0.1, -0.05) is 35.4 Å². The maximum Gasteiger partial charge on any atom is 0.143 e. The first kappa shape index (κ1) is 20.6. The van der Waals surface area contributed by atoms with Crippen molar-refractivity contribution in [1.82, 2.24) is 0 Å². The number of allylic oxidation sites excluding steroid dienone is 4. The molecule has 1 aromatic rings. The second kappa shape index (κ2) is 8.50. The zero-order valence-corrected chi connectivity index (χ0v) is 17.8. The van der Waals surface area contributed by atoms with Gasteiger partial charge in [0.05, 0.1) is 11.1 Å². The Kier molecular flexibility index (Phi) is 6.26. The van der Waals surface area contributed by atoms with Crippen molar-refractivity contribution in [3.8, 4) is 0 Å². The fourth-order valence-corrected chi connectivity index (χ4v) is 3.92. The molecule has 0 aromatic heterocycles. The van der Waals surface area contributed by atoms with Crippen molar-refractivity contribution in [2.75, 3.05) is 0 Å². The minimum absolute atomic E-state index is 0.150. The van der Waals surface area contributed by atoms with E-state index in [-0.39, 0.29) is 16.7 Å². The van der Waals surface area contributed by atoms with Crippen LogP contribution in [0.5, 0.6) is 0 Å². The van der Waals surface area contributed by atoms with E-state index in [1.165, 1.54) is 11.1 Å². The summed E-state index contributed by atoms with van der Waals surface area (Å²) in [6.45, 7) is 10.6. The molecule has 3 rings (SSSR count). The van der Waals surface area contributed by atoms with E-state index >= 15 is 0 Å². The molecule has 1 N–H and O–H groups in total. The molecule has 0 spiro atoms. The molecule has 2 aliphatic heterocycles. The maximum absolute atomic E-state index is 12.7. The highest BCUT2D eigenvalue weighted by Crippen LogP contribution is 2.39. The fourth-order valence-electron chi connectivity index (χ4n) is 3.92. The van der Waals surface area contributed by atoms with E-state index in [0.717, 1.165) is 48.3 Å². The summed E-state index contributed by atoms with van der Waals surface area (Å²) in [5, 5.41) is 12.9. The molecule has 3 atom stereocenters. The zero-order chi connectivity index (χ0) is 20.3. The Morgan fingerprint density at radius 1 is 1.18 bits per heavy atom. The van der Waals surface area contributed by atoms with E-state index in [1.807, 2.05) is 31.2 Å². The number of para-hydroxylation sites is 1. The summed E-state index contributed by atoms with van der Waals surface area (Å²) in [5.74, 6) is 0.886. The summed E-state index contributed by atoms with van der Waals surface area (Å²) >= 11 is 0. The molecule has 3 heteroatoms. The van der Waals surface area contributed by atoms with Crippen LogP contribution < -0.4 is 5.06 Å². The lowest BCUT2D eigenvalue weighted by atomic mass is 9.89. The molecule has 0 radical (unpaired) electrons. The van der Waals surface area contributed by atoms with Crippen LogP contribution in [0, 0.1) is 5.21 Å². The molecule has 0 aliphatic carbocycles. The minimum atomic E-state index is -0.345. The Morgan fingerprint density at radius 2 is 1.93 bits per heavy atom. The van der Waals surface area contributed by atoms with Gasteiger partial charge in [-0.15, -0.1) is 0 Å². The van der Waals surface area contributed by atoms with Crippen molar-refractivity contribution < 1.29 is 9.80 Å². The molecular formula is C25H33NO2. The molecule has 2 aliphatic rings.